The molecule has 0 spiro atoms. The number of hydrogen-bond acceptors (Lipinski definition) is 4. The number of halogens is 1. The van der Waals surface area contributed by atoms with Crippen molar-refractivity contribution in [2.75, 3.05) is 18.0 Å². The number of aryl methyl sites for hydroxylation is 2. The van der Waals surface area contributed by atoms with E-state index in [1.54, 1.807) is 18.4 Å². The minimum absolute atomic E-state index is 0.0627. The first-order chi connectivity index (χ1) is 13.9. The third kappa shape index (κ3) is 2.78. The van der Waals surface area contributed by atoms with Crippen LogP contribution in [0.15, 0.2) is 21.7 Å². The average molecular weight is 399 g/mol. The van der Waals surface area contributed by atoms with E-state index in [0.717, 1.165) is 25.7 Å². The molecule has 1 aromatic carbocycles. The maximum absolute atomic E-state index is 15.6. The van der Waals surface area contributed by atoms with Gasteiger partial charge in [0, 0.05) is 42.1 Å². The predicted octanol–water partition coefficient (Wildman–Crippen LogP) is 2.54. The molecule has 0 radical (unpaired) electrons. The Morgan fingerprint density at radius 2 is 1.90 bits per heavy atom. The Morgan fingerprint density at radius 3 is 2.62 bits per heavy atom. The van der Waals surface area contributed by atoms with Gasteiger partial charge < -0.3 is 10.0 Å². The van der Waals surface area contributed by atoms with Crippen LogP contribution in [-0.2, 0) is 0 Å². The van der Waals surface area contributed by atoms with Gasteiger partial charge >= 0.3 is 5.69 Å². The second-order valence-corrected chi connectivity index (χ2v) is 8.80. The van der Waals surface area contributed by atoms with Crippen molar-refractivity contribution in [2.24, 2.45) is 11.8 Å². The van der Waals surface area contributed by atoms with E-state index < -0.39 is 23.2 Å². The lowest BCUT2D eigenvalue weighted by molar-refractivity contribution is 0.0997. The molecular formula is C22H26FN3O3. The molecule has 0 bridgehead atoms. The molecule has 5 rings (SSSR count). The van der Waals surface area contributed by atoms with Gasteiger partial charge in [0.05, 0.1) is 22.7 Å². The number of hydrogen-bond donors (Lipinski definition) is 2. The Hall–Kier alpha value is -2.41. The summed E-state index contributed by atoms with van der Waals surface area (Å²) in [7, 11) is 0. The Bertz CT molecular complexity index is 1140. The standard InChI is InChI=1S/C22H26FN3O3/c1-11-17-19(26(14-7-8-14)22(29)24-21(17)28)12(2)20(18(11)23)25-9-13-5-3-4-6-16(27)15(13)10-25/h3,5,13-16,27H,4,6-10H2,1-2H3,(H,24,28,29). The van der Waals surface area contributed by atoms with Crippen molar-refractivity contribution in [1.29, 1.82) is 0 Å². The van der Waals surface area contributed by atoms with E-state index in [1.807, 2.05) is 4.90 Å². The lowest BCUT2D eigenvalue weighted by atomic mass is 9.91. The molecule has 3 atom stereocenters. The number of nitrogens with one attached hydrogen (secondary N) is 1. The van der Waals surface area contributed by atoms with Crippen LogP contribution in [0.25, 0.3) is 10.9 Å². The second-order valence-electron chi connectivity index (χ2n) is 8.80. The fourth-order valence-corrected chi connectivity index (χ4v) is 5.29. The maximum atomic E-state index is 15.6. The monoisotopic (exact) mass is 399 g/mol. The molecule has 2 aliphatic carbocycles. The van der Waals surface area contributed by atoms with E-state index in [9.17, 15) is 14.7 Å². The van der Waals surface area contributed by atoms with Crippen LogP contribution in [0.2, 0.25) is 0 Å². The average Bonchev–Trinajstić information content (AvgIpc) is 3.44. The molecule has 3 unspecified atom stereocenters. The number of allylic oxidation sites excluding steroid dienone is 1. The Kier molecular flexibility index (Phi) is 4.21. The third-order valence-corrected chi connectivity index (χ3v) is 6.91. The first kappa shape index (κ1) is 18.6. The number of anilines is 1. The third-order valence-electron chi connectivity index (χ3n) is 6.91. The molecule has 2 aromatic rings. The lowest BCUT2D eigenvalue weighted by Crippen LogP contribution is -2.32. The lowest BCUT2D eigenvalue weighted by Gasteiger charge is -2.26. The molecule has 6 nitrogen and oxygen atoms in total. The highest BCUT2D eigenvalue weighted by atomic mass is 19.1. The Morgan fingerprint density at radius 1 is 1.14 bits per heavy atom. The van der Waals surface area contributed by atoms with Crippen LogP contribution in [-0.4, -0.2) is 33.9 Å². The van der Waals surface area contributed by atoms with Crippen LogP contribution in [0.4, 0.5) is 10.1 Å². The highest BCUT2D eigenvalue weighted by molar-refractivity contribution is 5.90. The summed E-state index contributed by atoms with van der Waals surface area (Å²) in [5, 5.41) is 10.8. The van der Waals surface area contributed by atoms with Gasteiger partial charge in [0.2, 0.25) is 0 Å². The predicted molar refractivity (Wildman–Crippen MR) is 110 cm³/mol. The van der Waals surface area contributed by atoms with Crippen LogP contribution in [0.1, 0.15) is 42.9 Å². The summed E-state index contributed by atoms with van der Waals surface area (Å²) in [5.74, 6) is -0.170. The minimum Gasteiger partial charge on any atom is -0.393 e. The van der Waals surface area contributed by atoms with Crippen molar-refractivity contribution in [1.82, 2.24) is 9.55 Å². The number of H-pyrrole nitrogens is 1. The van der Waals surface area contributed by atoms with Crippen molar-refractivity contribution < 1.29 is 9.50 Å². The number of aromatic amines is 1. The Labute approximate surface area is 167 Å². The van der Waals surface area contributed by atoms with E-state index in [2.05, 4.69) is 17.1 Å². The summed E-state index contributed by atoms with van der Waals surface area (Å²) in [6.45, 7) is 4.60. The topological polar surface area (TPSA) is 78.3 Å². The van der Waals surface area contributed by atoms with E-state index in [1.165, 1.54) is 0 Å². The molecule has 1 aromatic heterocycles. The molecule has 1 saturated carbocycles. The quantitative estimate of drug-likeness (QED) is 0.761. The van der Waals surface area contributed by atoms with Crippen LogP contribution in [0.3, 0.4) is 0 Å². The van der Waals surface area contributed by atoms with Gasteiger partial charge in [-0.3, -0.25) is 14.3 Å². The number of aromatic nitrogens is 2. The number of aliphatic hydroxyl groups excluding tert-OH is 1. The zero-order valence-corrected chi connectivity index (χ0v) is 16.7. The van der Waals surface area contributed by atoms with Crippen molar-refractivity contribution >= 4 is 16.6 Å². The van der Waals surface area contributed by atoms with E-state index >= 15 is 4.39 Å². The molecule has 3 aliphatic rings. The van der Waals surface area contributed by atoms with Gasteiger partial charge in [0.15, 0.2) is 5.82 Å². The number of nitrogens with zero attached hydrogens (tertiary/aromatic N) is 2. The molecule has 154 valence electrons. The van der Waals surface area contributed by atoms with Crippen molar-refractivity contribution in [3.63, 3.8) is 0 Å². The van der Waals surface area contributed by atoms with Gasteiger partial charge in [0.1, 0.15) is 0 Å². The van der Waals surface area contributed by atoms with Crippen molar-refractivity contribution in [2.45, 2.75) is 51.7 Å². The van der Waals surface area contributed by atoms with Crippen LogP contribution >= 0.6 is 0 Å². The van der Waals surface area contributed by atoms with Gasteiger partial charge in [-0.2, -0.15) is 0 Å². The molecule has 1 saturated heterocycles. The van der Waals surface area contributed by atoms with Gasteiger partial charge in [-0.05, 0) is 39.5 Å². The number of fused-ring (bicyclic) bond motifs is 2. The first-order valence-corrected chi connectivity index (χ1v) is 10.4. The fraction of sp³-hybridized carbons (Fsp3) is 0.545. The zero-order valence-electron chi connectivity index (χ0n) is 16.7. The smallest absolute Gasteiger partial charge is 0.329 e. The highest BCUT2D eigenvalue weighted by Gasteiger charge is 2.39. The van der Waals surface area contributed by atoms with Crippen LogP contribution in [0.5, 0.6) is 0 Å². The summed E-state index contributed by atoms with van der Waals surface area (Å²) in [6, 6.07) is 0.0627. The zero-order chi connectivity index (χ0) is 20.4. The fourth-order valence-electron chi connectivity index (χ4n) is 5.29. The van der Waals surface area contributed by atoms with Gasteiger partial charge in [-0.1, -0.05) is 12.2 Å². The van der Waals surface area contributed by atoms with E-state index in [4.69, 9.17) is 0 Å². The molecular weight excluding hydrogens is 373 g/mol. The molecule has 0 amide bonds. The summed E-state index contributed by atoms with van der Waals surface area (Å²) >= 11 is 0. The van der Waals surface area contributed by atoms with Gasteiger partial charge in [-0.25, -0.2) is 9.18 Å². The molecule has 29 heavy (non-hydrogen) atoms. The number of rotatable bonds is 2. The maximum Gasteiger partial charge on any atom is 0.329 e. The molecule has 7 heteroatoms. The van der Waals surface area contributed by atoms with Crippen LogP contribution in [0, 0.1) is 31.5 Å². The minimum atomic E-state index is -0.530. The van der Waals surface area contributed by atoms with Gasteiger partial charge in [0.25, 0.3) is 5.56 Å². The summed E-state index contributed by atoms with van der Waals surface area (Å²) in [6.07, 6.45) is 7.21. The Balaban J connectivity index is 1.72. The van der Waals surface area contributed by atoms with Gasteiger partial charge in [-0.15, -0.1) is 0 Å². The van der Waals surface area contributed by atoms with E-state index in [0.29, 0.717) is 29.9 Å². The summed E-state index contributed by atoms with van der Waals surface area (Å²) in [4.78, 5) is 29.5. The van der Waals surface area contributed by atoms with E-state index in [-0.39, 0.29) is 28.8 Å². The normalized spacial score (nSPS) is 26.8. The highest BCUT2D eigenvalue weighted by Crippen LogP contribution is 2.42. The van der Waals surface area contributed by atoms with Crippen molar-refractivity contribution in [3.05, 3.63) is 49.9 Å². The largest absolute Gasteiger partial charge is 0.393 e. The first-order valence-electron chi connectivity index (χ1n) is 10.4. The molecule has 1 aliphatic heterocycles. The number of benzene rings is 1. The molecule has 2 N–H and O–H groups in total. The SMILES string of the molecule is Cc1c(F)c(N2CC3C=CCCC(O)C3C2)c(C)c2c1c(=O)[nH]c(=O)n2C1CC1. The molecule has 2 heterocycles. The van der Waals surface area contributed by atoms with Crippen molar-refractivity contribution in [3.8, 4) is 0 Å². The summed E-state index contributed by atoms with van der Waals surface area (Å²) in [5.41, 5.74) is 0.974. The molecule has 2 fully saturated rings. The summed E-state index contributed by atoms with van der Waals surface area (Å²) < 4.78 is 17.2. The number of aliphatic hydroxyl groups is 1. The second kappa shape index (κ2) is 6.55. The van der Waals surface area contributed by atoms with Crippen LogP contribution < -0.4 is 16.1 Å².